The van der Waals surface area contributed by atoms with Gasteiger partial charge >= 0.3 is 0 Å². The molecule has 0 unspecified atom stereocenters. The average molecular weight is 391 g/mol. The second kappa shape index (κ2) is 8.90. The fourth-order valence-corrected chi connectivity index (χ4v) is 3.62. The third-order valence-electron chi connectivity index (χ3n) is 5.28. The third-order valence-corrected chi connectivity index (χ3v) is 5.28. The Morgan fingerprint density at radius 1 is 1.14 bits per heavy atom. The monoisotopic (exact) mass is 391 g/mol. The maximum absolute atomic E-state index is 12.4. The van der Waals surface area contributed by atoms with Gasteiger partial charge in [-0.2, -0.15) is 4.98 Å². The number of carbonyl (C=O) groups excluding carboxylic acids is 1. The summed E-state index contributed by atoms with van der Waals surface area (Å²) in [5.74, 6) is 2.51. The van der Waals surface area contributed by atoms with Gasteiger partial charge in [0.25, 0.3) is 5.91 Å². The van der Waals surface area contributed by atoms with Gasteiger partial charge in [0, 0.05) is 25.1 Å². The molecule has 2 heterocycles. The van der Waals surface area contributed by atoms with E-state index in [1.54, 1.807) is 0 Å². The van der Waals surface area contributed by atoms with Gasteiger partial charge in [-0.1, -0.05) is 47.6 Å². The Hall–Kier alpha value is -3.15. The number of hydrogen-bond acceptors (Lipinski definition) is 5. The van der Waals surface area contributed by atoms with Gasteiger partial charge in [0.2, 0.25) is 11.7 Å². The summed E-state index contributed by atoms with van der Waals surface area (Å²) in [6.45, 7) is 3.56. The van der Waals surface area contributed by atoms with E-state index in [9.17, 15) is 4.79 Å². The summed E-state index contributed by atoms with van der Waals surface area (Å²) in [5, 5.41) is 4.09. The second-order valence-corrected chi connectivity index (χ2v) is 7.51. The summed E-state index contributed by atoms with van der Waals surface area (Å²) in [4.78, 5) is 18.8. The molecular weight excluding hydrogens is 366 g/mol. The number of aryl methyl sites for hydroxylation is 1. The molecule has 29 heavy (non-hydrogen) atoms. The molecule has 150 valence electrons. The van der Waals surface area contributed by atoms with Crippen LogP contribution in [0.15, 0.2) is 59.1 Å². The van der Waals surface area contributed by atoms with Crippen molar-refractivity contribution in [2.24, 2.45) is 5.92 Å². The predicted octanol–water partition coefficient (Wildman–Crippen LogP) is 3.91. The van der Waals surface area contributed by atoms with Gasteiger partial charge in [-0.05, 0) is 43.4 Å². The summed E-state index contributed by atoms with van der Waals surface area (Å²) in [6, 6.07) is 17.6. The van der Waals surface area contributed by atoms with Crippen LogP contribution in [-0.2, 0) is 11.2 Å². The van der Waals surface area contributed by atoms with Gasteiger partial charge in [-0.3, -0.25) is 4.79 Å². The van der Waals surface area contributed by atoms with Crippen molar-refractivity contribution in [2.45, 2.75) is 26.2 Å². The Balaban J connectivity index is 1.24. The standard InChI is InChI=1S/C23H25N3O3/c1-17-6-5-9-20(14-17)28-16-22(27)26-12-10-18(11-13-26)15-21-24-23(25-29-21)19-7-3-2-4-8-19/h2-9,14,18H,10-13,15-16H2,1H3. The smallest absolute Gasteiger partial charge is 0.260 e. The molecule has 1 saturated heterocycles. The van der Waals surface area contributed by atoms with Gasteiger partial charge in [0.05, 0.1) is 0 Å². The quantitative estimate of drug-likeness (QED) is 0.637. The van der Waals surface area contributed by atoms with Crippen molar-refractivity contribution in [1.82, 2.24) is 15.0 Å². The minimum atomic E-state index is 0.0362. The van der Waals surface area contributed by atoms with Gasteiger partial charge in [-0.15, -0.1) is 0 Å². The molecule has 0 saturated carbocycles. The Morgan fingerprint density at radius 3 is 2.69 bits per heavy atom. The third kappa shape index (κ3) is 5.02. The first kappa shape index (κ1) is 19.2. The van der Waals surface area contributed by atoms with Gasteiger partial charge in [0.1, 0.15) is 5.75 Å². The molecule has 0 N–H and O–H groups in total. The van der Waals surface area contributed by atoms with E-state index >= 15 is 0 Å². The highest BCUT2D eigenvalue weighted by molar-refractivity contribution is 5.77. The van der Waals surface area contributed by atoms with Crippen molar-refractivity contribution in [1.29, 1.82) is 0 Å². The molecule has 4 rings (SSSR count). The van der Waals surface area contributed by atoms with Crippen LogP contribution in [0.3, 0.4) is 0 Å². The molecule has 0 aliphatic carbocycles. The lowest BCUT2D eigenvalue weighted by Crippen LogP contribution is -2.41. The molecular formula is C23H25N3O3. The Bertz CT molecular complexity index is 947. The van der Waals surface area contributed by atoms with E-state index in [1.165, 1.54) is 0 Å². The summed E-state index contributed by atoms with van der Waals surface area (Å²) in [6.07, 6.45) is 2.61. The zero-order valence-electron chi connectivity index (χ0n) is 16.6. The van der Waals surface area contributed by atoms with Crippen LogP contribution in [0.2, 0.25) is 0 Å². The van der Waals surface area contributed by atoms with Crippen molar-refractivity contribution in [3.63, 3.8) is 0 Å². The minimum Gasteiger partial charge on any atom is -0.484 e. The Kier molecular flexibility index (Phi) is 5.89. The highest BCUT2D eigenvalue weighted by atomic mass is 16.5. The SMILES string of the molecule is Cc1cccc(OCC(=O)N2CCC(Cc3nc(-c4ccccc4)no3)CC2)c1. The number of aromatic nitrogens is 2. The first-order valence-electron chi connectivity index (χ1n) is 10.0. The maximum Gasteiger partial charge on any atom is 0.260 e. The van der Waals surface area contributed by atoms with Crippen LogP contribution in [0, 0.1) is 12.8 Å². The number of piperidine rings is 1. The number of hydrogen-bond donors (Lipinski definition) is 0. The van der Waals surface area contributed by atoms with Gasteiger partial charge < -0.3 is 14.2 Å². The van der Waals surface area contributed by atoms with E-state index < -0.39 is 0 Å². The summed E-state index contributed by atoms with van der Waals surface area (Å²) >= 11 is 0. The van der Waals surface area contributed by atoms with Crippen LogP contribution in [0.5, 0.6) is 5.75 Å². The first-order chi connectivity index (χ1) is 14.2. The van der Waals surface area contributed by atoms with Crippen LogP contribution in [-0.4, -0.2) is 40.6 Å². The summed E-state index contributed by atoms with van der Waals surface area (Å²) in [7, 11) is 0. The molecule has 1 aliphatic rings. The highest BCUT2D eigenvalue weighted by Crippen LogP contribution is 2.23. The molecule has 3 aromatic rings. The maximum atomic E-state index is 12.4. The van der Waals surface area contributed by atoms with E-state index in [1.807, 2.05) is 66.4 Å². The predicted molar refractivity (Wildman–Crippen MR) is 109 cm³/mol. The molecule has 1 amide bonds. The van der Waals surface area contributed by atoms with Crippen LogP contribution in [0.25, 0.3) is 11.4 Å². The van der Waals surface area contributed by atoms with E-state index in [0.717, 1.165) is 49.2 Å². The molecule has 0 bridgehead atoms. The summed E-state index contributed by atoms with van der Waals surface area (Å²) < 4.78 is 11.1. The molecule has 0 atom stereocenters. The minimum absolute atomic E-state index is 0.0362. The van der Waals surface area contributed by atoms with Crippen LogP contribution in [0.1, 0.15) is 24.3 Å². The van der Waals surface area contributed by atoms with Crippen molar-refractivity contribution < 1.29 is 14.1 Å². The number of carbonyl (C=O) groups is 1. The summed E-state index contributed by atoms with van der Waals surface area (Å²) in [5.41, 5.74) is 2.07. The average Bonchev–Trinajstić information content (AvgIpc) is 3.22. The second-order valence-electron chi connectivity index (χ2n) is 7.51. The van der Waals surface area contributed by atoms with E-state index in [4.69, 9.17) is 9.26 Å². The lowest BCUT2D eigenvalue weighted by atomic mass is 9.93. The van der Waals surface area contributed by atoms with Crippen molar-refractivity contribution in [2.75, 3.05) is 19.7 Å². The van der Waals surface area contributed by atoms with Gasteiger partial charge in [0.15, 0.2) is 6.61 Å². The molecule has 0 spiro atoms. The molecule has 6 heteroatoms. The lowest BCUT2D eigenvalue weighted by Gasteiger charge is -2.31. The molecule has 2 aromatic carbocycles. The van der Waals surface area contributed by atoms with Crippen LogP contribution in [0.4, 0.5) is 0 Å². The number of likely N-dealkylation sites (tertiary alicyclic amines) is 1. The number of nitrogens with zero attached hydrogens (tertiary/aromatic N) is 3. The van der Waals surface area contributed by atoms with E-state index in [-0.39, 0.29) is 12.5 Å². The van der Waals surface area contributed by atoms with E-state index in [0.29, 0.717) is 17.6 Å². The normalized spacial score (nSPS) is 14.7. The number of ether oxygens (including phenoxy) is 1. The first-order valence-corrected chi connectivity index (χ1v) is 10.0. The van der Waals surface area contributed by atoms with Crippen molar-refractivity contribution in [3.05, 3.63) is 66.1 Å². The fourth-order valence-electron chi connectivity index (χ4n) is 3.62. The fraction of sp³-hybridized carbons (Fsp3) is 0.348. The molecule has 0 radical (unpaired) electrons. The van der Waals surface area contributed by atoms with Gasteiger partial charge in [-0.25, -0.2) is 0 Å². The highest BCUT2D eigenvalue weighted by Gasteiger charge is 2.25. The number of amides is 1. The Morgan fingerprint density at radius 2 is 1.93 bits per heavy atom. The number of benzene rings is 2. The van der Waals surface area contributed by atoms with Crippen LogP contribution >= 0.6 is 0 Å². The molecule has 1 aliphatic heterocycles. The molecule has 6 nitrogen and oxygen atoms in total. The lowest BCUT2D eigenvalue weighted by molar-refractivity contribution is -0.134. The zero-order chi connectivity index (χ0) is 20.1. The van der Waals surface area contributed by atoms with Crippen LogP contribution < -0.4 is 4.74 Å². The zero-order valence-corrected chi connectivity index (χ0v) is 16.6. The largest absolute Gasteiger partial charge is 0.484 e. The topological polar surface area (TPSA) is 68.5 Å². The van der Waals surface area contributed by atoms with Crippen molar-refractivity contribution in [3.8, 4) is 17.1 Å². The Labute approximate surface area is 170 Å². The number of rotatable bonds is 6. The van der Waals surface area contributed by atoms with Crippen molar-refractivity contribution >= 4 is 5.91 Å². The molecule has 1 fully saturated rings. The van der Waals surface area contributed by atoms with E-state index in [2.05, 4.69) is 10.1 Å². The molecule has 1 aromatic heterocycles.